The summed E-state index contributed by atoms with van der Waals surface area (Å²) in [6, 6.07) is 12.7. The van der Waals surface area contributed by atoms with Crippen LogP contribution in [0.25, 0.3) is 16.6 Å². The van der Waals surface area contributed by atoms with Crippen LogP contribution >= 0.6 is 11.6 Å². The molecule has 3 aliphatic rings. The molecule has 0 atom stereocenters. The minimum absolute atomic E-state index is 0.198. The third-order valence-corrected chi connectivity index (χ3v) is 9.52. The van der Waals surface area contributed by atoms with E-state index in [9.17, 15) is 9.59 Å². The summed E-state index contributed by atoms with van der Waals surface area (Å²) >= 11 is 6.49. The molecule has 2 aliphatic heterocycles. The molecule has 1 spiro atoms. The van der Waals surface area contributed by atoms with Gasteiger partial charge in [-0.05, 0) is 93.4 Å². The van der Waals surface area contributed by atoms with E-state index in [0.29, 0.717) is 16.3 Å². The predicted octanol–water partition coefficient (Wildman–Crippen LogP) is 6.43. The first kappa shape index (κ1) is 25.6. The minimum atomic E-state index is -0.696. The van der Waals surface area contributed by atoms with Gasteiger partial charge in [0.25, 0.3) is 5.56 Å². The van der Waals surface area contributed by atoms with E-state index >= 15 is 0 Å². The summed E-state index contributed by atoms with van der Waals surface area (Å²) in [6.07, 6.45) is 11.0. The van der Waals surface area contributed by atoms with Crippen molar-refractivity contribution in [3.63, 3.8) is 0 Å². The molecule has 6 nitrogen and oxygen atoms in total. The van der Waals surface area contributed by atoms with Gasteiger partial charge in [0.15, 0.2) is 0 Å². The quantitative estimate of drug-likeness (QED) is 0.354. The zero-order chi connectivity index (χ0) is 26.3. The third kappa shape index (κ3) is 4.46. The number of hydrogen-bond acceptors (Lipinski definition) is 4. The molecule has 0 bridgehead atoms. The molecule has 7 heteroatoms. The Hall–Kier alpha value is -2.70. The van der Waals surface area contributed by atoms with E-state index in [-0.39, 0.29) is 17.4 Å². The van der Waals surface area contributed by atoms with Crippen LogP contribution < -0.4 is 5.56 Å². The number of piperidine rings is 1. The highest BCUT2D eigenvalue weighted by molar-refractivity contribution is 6.35. The Kier molecular flexibility index (Phi) is 7.04. The Morgan fingerprint density at radius 2 is 1.84 bits per heavy atom. The van der Waals surface area contributed by atoms with Crippen LogP contribution in [-0.4, -0.2) is 45.2 Å². The van der Waals surface area contributed by atoms with Gasteiger partial charge in [0, 0.05) is 6.42 Å². The van der Waals surface area contributed by atoms with Crippen molar-refractivity contribution in [2.45, 2.75) is 82.0 Å². The van der Waals surface area contributed by atoms with Crippen LogP contribution in [0.1, 0.15) is 93.5 Å². The van der Waals surface area contributed by atoms with Crippen molar-refractivity contribution in [3.8, 4) is 5.69 Å². The van der Waals surface area contributed by atoms with Gasteiger partial charge in [-0.15, -0.1) is 0 Å². The van der Waals surface area contributed by atoms with Crippen LogP contribution in [0.15, 0.2) is 41.2 Å². The zero-order valence-corrected chi connectivity index (χ0v) is 22.7. The first-order chi connectivity index (χ1) is 18.5. The molecule has 1 saturated heterocycles. The van der Waals surface area contributed by atoms with E-state index < -0.39 is 5.97 Å². The number of benzene rings is 2. The first-order valence-corrected chi connectivity index (χ1v) is 14.7. The minimum Gasteiger partial charge on any atom is -0.481 e. The molecule has 2 aromatic carbocycles. The molecule has 38 heavy (non-hydrogen) atoms. The molecular formula is C31H36ClN3O3. The van der Waals surface area contributed by atoms with E-state index in [0.717, 1.165) is 94.5 Å². The number of likely N-dealkylation sites (tertiary alicyclic amines) is 1. The fourth-order valence-electron chi connectivity index (χ4n) is 7.22. The van der Waals surface area contributed by atoms with Gasteiger partial charge in [-0.25, -0.2) is 0 Å². The summed E-state index contributed by atoms with van der Waals surface area (Å²) in [5.74, 6) is 0.742. The van der Waals surface area contributed by atoms with Crippen molar-refractivity contribution in [2.75, 3.05) is 19.6 Å². The molecule has 200 valence electrons. The maximum Gasteiger partial charge on any atom is 0.303 e. The maximum absolute atomic E-state index is 13.2. The molecule has 2 fully saturated rings. The van der Waals surface area contributed by atoms with E-state index in [1.807, 2.05) is 12.1 Å². The molecule has 0 radical (unpaired) electrons. The Balaban J connectivity index is 1.27. The van der Waals surface area contributed by atoms with Gasteiger partial charge in [-0.2, -0.15) is 4.98 Å². The number of hydrogen-bond donors (Lipinski definition) is 1. The number of fused-ring (bicyclic) bond motifs is 7. The molecule has 3 heterocycles. The summed E-state index contributed by atoms with van der Waals surface area (Å²) in [5.41, 5.74) is 4.36. The van der Waals surface area contributed by atoms with Crippen molar-refractivity contribution in [1.82, 2.24) is 14.5 Å². The number of halogens is 1. The second-order valence-corrected chi connectivity index (χ2v) is 11.9. The van der Waals surface area contributed by atoms with Crippen LogP contribution in [0.5, 0.6) is 0 Å². The molecule has 0 unspecified atom stereocenters. The summed E-state index contributed by atoms with van der Waals surface area (Å²) in [4.78, 5) is 31.2. The van der Waals surface area contributed by atoms with Crippen molar-refractivity contribution in [2.24, 2.45) is 0 Å². The maximum atomic E-state index is 13.2. The van der Waals surface area contributed by atoms with Crippen molar-refractivity contribution in [1.29, 1.82) is 0 Å². The van der Waals surface area contributed by atoms with Crippen molar-refractivity contribution in [3.05, 3.63) is 68.7 Å². The van der Waals surface area contributed by atoms with Gasteiger partial charge in [0.05, 0.1) is 27.0 Å². The standard InChI is InChI=1S/C31H36ClN3O3/c32-24-8-7-9-26-28(24)29(38)33-30-31(15-4-2-5-16-31)23-20-22(11-12-25(23)35(26)30)21-13-18-34(19-14-21)17-6-1-3-10-27(36)37/h7-9,11-12,20-21H,1-6,10,13-19H2,(H,36,37). The lowest BCUT2D eigenvalue weighted by Crippen LogP contribution is -2.34. The van der Waals surface area contributed by atoms with Crippen LogP contribution in [0.3, 0.4) is 0 Å². The second kappa shape index (κ2) is 10.5. The van der Waals surface area contributed by atoms with Gasteiger partial charge >= 0.3 is 5.97 Å². The molecule has 3 aromatic rings. The number of unbranched alkanes of at least 4 members (excludes halogenated alkanes) is 2. The highest BCUT2D eigenvalue weighted by Gasteiger charge is 2.46. The summed E-state index contributed by atoms with van der Waals surface area (Å²) < 4.78 is 2.22. The summed E-state index contributed by atoms with van der Waals surface area (Å²) in [7, 11) is 0. The Labute approximate surface area is 228 Å². The second-order valence-electron chi connectivity index (χ2n) is 11.4. The summed E-state index contributed by atoms with van der Waals surface area (Å²) in [5, 5.41) is 9.80. The van der Waals surface area contributed by atoms with E-state index in [1.165, 1.54) is 17.5 Å². The van der Waals surface area contributed by atoms with E-state index in [2.05, 4.69) is 27.7 Å². The third-order valence-electron chi connectivity index (χ3n) is 9.20. The average Bonchev–Trinajstić information content (AvgIpc) is 3.17. The Morgan fingerprint density at radius 3 is 2.61 bits per heavy atom. The van der Waals surface area contributed by atoms with Crippen LogP contribution in [0.2, 0.25) is 5.02 Å². The van der Waals surface area contributed by atoms with Crippen LogP contribution in [-0.2, 0) is 10.2 Å². The smallest absolute Gasteiger partial charge is 0.303 e. The Morgan fingerprint density at radius 1 is 1.05 bits per heavy atom. The number of carboxylic acid groups (broad SMARTS) is 1. The van der Waals surface area contributed by atoms with Crippen LogP contribution in [0, 0.1) is 0 Å². The van der Waals surface area contributed by atoms with E-state index in [4.69, 9.17) is 21.7 Å². The van der Waals surface area contributed by atoms with Gasteiger partial charge in [0.1, 0.15) is 5.82 Å². The number of nitrogens with zero attached hydrogens (tertiary/aromatic N) is 3. The SMILES string of the molecule is O=C(O)CCCCCN1CCC(c2ccc3c(c2)C2(CCCCC2)c2nc(=O)c4c(Cl)cccc4n2-3)CC1. The van der Waals surface area contributed by atoms with Gasteiger partial charge < -0.3 is 10.0 Å². The lowest BCUT2D eigenvalue weighted by atomic mass is 9.69. The molecule has 6 rings (SSSR count). The lowest BCUT2D eigenvalue weighted by molar-refractivity contribution is -0.137. The molecular weight excluding hydrogens is 498 g/mol. The molecule has 1 aliphatic carbocycles. The molecule has 1 saturated carbocycles. The fraction of sp³-hybridized carbons (Fsp3) is 0.516. The summed E-state index contributed by atoms with van der Waals surface area (Å²) in [6.45, 7) is 3.24. The number of carbonyl (C=O) groups is 1. The van der Waals surface area contributed by atoms with Crippen LogP contribution in [0.4, 0.5) is 0 Å². The predicted molar refractivity (Wildman–Crippen MR) is 151 cm³/mol. The normalized spacial score (nSPS) is 19.1. The lowest BCUT2D eigenvalue weighted by Gasteiger charge is -2.35. The highest BCUT2D eigenvalue weighted by Crippen LogP contribution is 2.52. The van der Waals surface area contributed by atoms with Gasteiger partial charge in [-0.1, -0.05) is 55.5 Å². The number of aliphatic carboxylic acids is 1. The molecule has 1 aromatic heterocycles. The zero-order valence-electron chi connectivity index (χ0n) is 21.9. The van der Waals surface area contributed by atoms with Crippen molar-refractivity contribution >= 4 is 28.5 Å². The fourth-order valence-corrected chi connectivity index (χ4v) is 7.48. The monoisotopic (exact) mass is 533 g/mol. The van der Waals surface area contributed by atoms with Gasteiger partial charge in [-0.3, -0.25) is 14.2 Å². The highest BCUT2D eigenvalue weighted by atomic mass is 35.5. The van der Waals surface area contributed by atoms with E-state index in [1.54, 1.807) is 6.07 Å². The Bertz CT molecular complexity index is 1420. The topological polar surface area (TPSA) is 75.4 Å². The van der Waals surface area contributed by atoms with Gasteiger partial charge in [0.2, 0.25) is 0 Å². The number of rotatable bonds is 7. The molecule has 1 N–H and O–H groups in total. The number of carboxylic acids is 1. The molecule has 0 amide bonds. The number of aromatic nitrogens is 2. The average molecular weight is 534 g/mol. The first-order valence-electron chi connectivity index (χ1n) is 14.3. The van der Waals surface area contributed by atoms with Crippen molar-refractivity contribution < 1.29 is 9.90 Å². The largest absolute Gasteiger partial charge is 0.481 e.